The van der Waals surface area contributed by atoms with Crippen LogP contribution >= 0.6 is 11.6 Å². The zero-order valence-corrected chi connectivity index (χ0v) is 9.99. The van der Waals surface area contributed by atoms with Crippen LogP contribution < -0.4 is 4.74 Å². The zero-order chi connectivity index (χ0) is 13.0. The maximum atomic E-state index is 13.4. The molecule has 0 saturated carbocycles. The largest absolute Gasteiger partial charge is 0.484 e. The highest BCUT2D eigenvalue weighted by atomic mass is 35.5. The lowest BCUT2D eigenvalue weighted by Crippen LogP contribution is -2.01. The van der Waals surface area contributed by atoms with Crippen molar-refractivity contribution < 1.29 is 9.13 Å². The number of para-hydroxylation sites is 1. The van der Waals surface area contributed by atoms with Gasteiger partial charge in [-0.2, -0.15) is 5.26 Å². The molecule has 0 N–H and O–H groups in total. The Bertz CT molecular complexity index is 590. The van der Waals surface area contributed by atoms with Crippen molar-refractivity contribution in [2.24, 2.45) is 0 Å². The SMILES string of the molecule is N#Cc1ncccc1COc1c(F)cccc1Cl. The molecule has 0 saturated heterocycles. The van der Waals surface area contributed by atoms with Gasteiger partial charge in [0.1, 0.15) is 18.4 Å². The highest BCUT2D eigenvalue weighted by Gasteiger charge is 2.10. The lowest BCUT2D eigenvalue weighted by atomic mass is 10.2. The van der Waals surface area contributed by atoms with Crippen molar-refractivity contribution in [3.63, 3.8) is 0 Å². The van der Waals surface area contributed by atoms with Gasteiger partial charge in [0.2, 0.25) is 0 Å². The van der Waals surface area contributed by atoms with Crippen molar-refractivity contribution in [2.45, 2.75) is 6.61 Å². The van der Waals surface area contributed by atoms with Crippen LogP contribution in [0.4, 0.5) is 4.39 Å². The summed E-state index contributed by atoms with van der Waals surface area (Å²) >= 11 is 5.82. The van der Waals surface area contributed by atoms with Gasteiger partial charge in [0, 0.05) is 11.8 Å². The van der Waals surface area contributed by atoms with Gasteiger partial charge >= 0.3 is 0 Å². The van der Waals surface area contributed by atoms with Crippen LogP contribution in [0.15, 0.2) is 36.5 Å². The Balaban J connectivity index is 2.20. The third kappa shape index (κ3) is 2.58. The third-order valence-electron chi connectivity index (χ3n) is 2.29. The second-order valence-electron chi connectivity index (χ2n) is 3.46. The minimum atomic E-state index is -0.537. The summed E-state index contributed by atoms with van der Waals surface area (Å²) in [6.07, 6.45) is 1.51. The average molecular weight is 263 g/mol. The summed E-state index contributed by atoms with van der Waals surface area (Å²) in [6.45, 7) is 0.0391. The van der Waals surface area contributed by atoms with Gasteiger partial charge in [0.15, 0.2) is 11.6 Å². The molecule has 0 fully saturated rings. The first kappa shape index (κ1) is 12.3. The molecule has 0 aliphatic heterocycles. The van der Waals surface area contributed by atoms with E-state index < -0.39 is 5.82 Å². The van der Waals surface area contributed by atoms with Crippen LogP contribution in [0, 0.1) is 17.1 Å². The van der Waals surface area contributed by atoms with Crippen molar-refractivity contribution in [3.05, 3.63) is 58.6 Å². The fourth-order valence-corrected chi connectivity index (χ4v) is 1.64. The fourth-order valence-electron chi connectivity index (χ4n) is 1.43. The molecule has 0 spiro atoms. The topological polar surface area (TPSA) is 45.9 Å². The number of pyridine rings is 1. The second kappa shape index (κ2) is 5.48. The van der Waals surface area contributed by atoms with Crippen LogP contribution in [0.5, 0.6) is 5.75 Å². The van der Waals surface area contributed by atoms with Crippen LogP contribution in [-0.2, 0) is 6.61 Å². The van der Waals surface area contributed by atoms with Gasteiger partial charge < -0.3 is 4.74 Å². The number of hydrogen-bond donors (Lipinski definition) is 0. The van der Waals surface area contributed by atoms with E-state index >= 15 is 0 Å². The number of ether oxygens (including phenoxy) is 1. The quantitative estimate of drug-likeness (QED) is 0.852. The van der Waals surface area contributed by atoms with Gasteiger partial charge in [-0.1, -0.05) is 23.7 Å². The maximum Gasteiger partial charge on any atom is 0.174 e. The fraction of sp³-hybridized carbons (Fsp3) is 0.0769. The molecule has 0 radical (unpaired) electrons. The predicted octanol–water partition coefficient (Wildman–Crippen LogP) is 3.32. The van der Waals surface area contributed by atoms with Gasteiger partial charge in [0.25, 0.3) is 0 Å². The van der Waals surface area contributed by atoms with Crippen LogP contribution in [0.3, 0.4) is 0 Å². The van der Waals surface area contributed by atoms with Crippen LogP contribution in [0.25, 0.3) is 0 Å². The molecule has 90 valence electrons. The number of nitriles is 1. The van der Waals surface area contributed by atoms with E-state index in [1.54, 1.807) is 12.1 Å². The standard InChI is InChI=1S/C13H8ClFN2O/c14-10-4-1-5-11(15)13(10)18-8-9-3-2-6-17-12(9)7-16/h1-6H,8H2. The summed E-state index contributed by atoms with van der Waals surface area (Å²) in [5, 5.41) is 9.05. The van der Waals surface area contributed by atoms with Crippen molar-refractivity contribution >= 4 is 11.6 Å². The van der Waals surface area contributed by atoms with Crippen molar-refractivity contribution in [3.8, 4) is 11.8 Å². The summed E-state index contributed by atoms with van der Waals surface area (Å²) < 4.78 is 18.7. The maximum absolute atomic E-state index is 13.4. The summed E-state index contributed by atoms with van der Waals surface area (Å²) in [5.74, 6) is -0.559. The van der Waals surface area contributed by atoms with Crippen LogP contribution in [0.2, 0.25) is 5.02 Å². The monoisotopic (exact) mass is 262 g/mol. The zero-order valence-electron chi connectivity index (χ0n) is 9.23. The molecule has 1 aromatic heterocycles. The molecule has 18 heavy (non-hydrogen) atoms. The van der Waals surface area contributed by atoms with E-state index in [1.807, 2.05) is 6.07 Å². The predicted molar refractivity (Wildman–Crippen MR) is 64.7 cm³/mol. The molecule has 2 rings (SSSR count). The smallest absolute Gasteiger partial charge is 0.174 e. The summed E-state index contributed by atoms with van der Waals surface area (Å²) in [5.41, 5.74) is 0.837. The van der Waals surface area contributed by atoms with Gasteiger partial charge in [-0.15, -0.1) is 0 Å². The molecule has 0 bridgehead atoms. The molecule has 1 aromatic carbocycles. The minimum Gasteiger partial charge on any atom is -0.484 e. The molecular weight excluding hydrogens is 255 g/mol. The first-order valence-electron chi connectivity index (χ1n) is 5.13. The highest BCUT2D eigenvalue weighted by molar-refractivity contribution is 6.32. The van der Waals surface area contributed by atoms with E-state index in [0.717, 1.165) is 0 Å². The molecule has 3 nitrogen and oxygen atoms in total. The van der Waals surface area contributed by atoms with E-state index in [2.05, 4.69) is 4.98 Å². The average Bonchev–Trinajstić information content (AvgIpc) is 2.38. The molecule has 0 atom stereocenters. The third-order valence-corrected chi connectivity index (χ3v) is 2.59. The van der Waals surface area contributed by atoms with Crippen molar-refractivity contribution in [2.75, 3.05) is 0 Å². The number of aromatic nitrogens is 1. The Morgan fingerprint density at radius 3 is 2.89 bits per heavy atom. The normalized spacial score (nSPS) is 9.83. The molecule has 0 amide bonds. The van der Waals surface area contributed by atoms with Crippen LogP contribution in [0.1, 0.15) is 11.3 Å². The highest BCUT2D eigenvalue weighted by Crippen LogP contribution is 2.28. The molecule has 5 heteroatoms. The van der Waals surface area contributed by atoms with Gasteiger partial charge in [-0.25, -0.2) is 9.37 Å². The molecule has 0 unspecified atom stereocenters. The lowest BCUT2D eigenvalue weighted by molar-refractivity contribution is 0.290. The molecule has 0 aliphatic rings. The number of hydrogen-bond acceptors (Lipinski definition) is 3. The van der Waals surface area contributed by atoms with Crippen molar-refractivity contribution in [1.29, 1.82) is 5.26 Å². The first-order chi connectivity index (χ1) is 8.72. The number of rotatable bonds is 3. The Morgan fingerprint density at radius 2 is 2.17 bits per heavy atom. The Labute approximate surface area is 108 Å². The van der Waals surface area contributed by atoms with E-state index in [9.17, 15) is 4.39 Å². The Kier molecular flexibility index (Phi) is 3.75. The summed E-state index contributed by atoms with van der Waals surface area (Å²) in [6, 6.07) is 9.61. The van der Waals surface area contributed by atoms with E-state index in [1.165, 1.54) is 24.4 Å². The first-order valence-corrected chi connectivity index (χ1v) is 5.51. The molecule has 1 heterocycles. The Hall–Kier alpha value is -2.12. The second-order valence-corrected chi connectivity index (χ2v) is 3.87. The number of nitrogens with zero attached hydrogens (tertiary/aromatic N) is 2. The molecule has 2 aromatic rings. The Morgan fingerprint density at radius 1 is 1.33 bits per heavy atom. The van der Waals surface area contributed by atoms with Gasteiger partial charge in [0.05, 0.1) is 5.02 Å². The van der Waals surface area contributed by atoms with E-state index in [-0.39, 0.29) is 23.1 Å². The lowest BCUT2D eigenvalue weighted by Gasteiger charge is -2.09. The van der Waals surface area contributed by atoms with Crippen molar-refractivity contribution in [1.82, 2.24) is 4.98 Å². The number of benzene rings is 1. The van der Waals surface area contributed by atoms with E-state index in [4.69, 9.17) is 21.6 Å². The van der Waals surface area contributed by atoms with Gasteiger partial charge in [-0.3, -0.25) is 0 Å². The van der Waals surface area contributed by atoms with Crippen LogP contribution in [-0.4, -0.2) is 4.98 Å². The summed E-state index contributed by atoms with van der Waals surface area (Å²) in [7, 11) is 0. The summed E-state index contributed by atoms with van der Waals surface area (Å²) in [4.78, 5) is 3.89. The van der Waals surface area contributed by atoms with Gasteiger partial charge in [-0.05, 0) is 18.2 Å². The van der Waals surface area contributed by atoms with E-state index in [0.29, 0.717) is 5.56 Å². The molecule has 0 aliphatic carbocycles. The molecular formula is C13H8ClFN2O. The minimum absolute atomic E-state index is 0.0214. The number of halogens is 2.